The Morgan fingerprint density at radius 2 is 1.68 bits per heavy atom. The number of fused-ring (bicyclic) bond motifs is 1. The standard InChI is InChI=1S/C26H15F3N6O5/c27-26(28,29)25(37)40-34(24(36)18-4-2-6-20(14-18)35(38)39)19-5-1-3-17(13-19)22-9-12-31-23-15-21(32-33(22)23)16-7-10-30-11-8-16/h1-15H. The minimum absolute atomic E-state index is 0.141. The number of amides is 1. The van der Waals surface area contributed by atoms with Crippen molar-refractivity contribution in [2.45, 2.75) is 6.18 Å². The highest BCUT2D eigenvalue weighted by Crippen LogP contribution is 2.29. The van der Waals surface area contributed by atoms with Gasteiger partial charge in [0, 0.05) is 53.5 Å². The van der Waals surface area contributed by atoms with Crippen LogP contribution < -0.4 is 5.06 Å². The van der Waals surface area contributed by atoms with Gasteiger partial charge in [0.2, 0.25) is 0 Å². The first kappa shape index (κ1) is 26.0. The molecule has 0 N–H and O–H groups in total. The van der Waals surface area contributed by atoms with Gasteiger partial charge in [-0.3, -0.25) is 19.9 Å². The van der Waals surface area contributed by atoms with Crippen molar-refractivity contribution >= 4 is 28.9 Å². The second kappa shape index (κ2) is 10.2. The fraction of sp³-hybridized carbons (Fsp3) is 0.0385. The van der Waals surface area contributed by atoms with Gasteiger partial charge in [-0.1, -0.05) is 18.2 Å². The summed E-state index contributed by atoms with van der Waals surface area (Å²) >= 11 is 0. The van der Waals surface area contributed by atoms with Gasteiger partial charge in [0.25, 0.3) is 11.6 Å². The van der Waals surface area contributed by atoms with Crippen molar-refractivity contribution < 1.29 is 32.5 Å². The number of rotatable bonds is 5. The Labute approximate surface area is 222 Å². The average molecular weight is 548 g/mol. The number of hydrogen-bond donors (Lipinski definition) is 0. The number of benzene rings is 2. The predicted octanol–water partition coefficient (Wildman–Crippen LogP) is 5.03. The normalized spacial score (nSPS) is 11.3. The monoisotopic (exact) mass is 548 g/mol. The van der Waals surface area contributed by atoms with E-state index in [0.717, 1.165) is 23.8 Å². The molecule has 0 atom stereocenters. The number of nitro groups is 1. The molecule has 3 heterocycles. The molecule has 0 fully saturated rings. The molecule has 200 valence electrons. The molecular formula is C26H15F3N6O5. The van der Waals surface area contributed by atoms with Crippen LogP contribution in [0.1, 0.15) is 10.4 Å². The molecule has 14 heteroatoms. The van der Waals surface area contributed by atoms with Gasteiger partial charge in [-0.15, -0.1) is 5.06 Å². The Morgan fingerprint density at radius 1 is 0.925 bits per heavy atom. The van der Waals surface area contributed by atoms with E-state index in [1.165, 1.54) is 35.0 Å². The van der Waals surface area contributed by atoms with E-state index in [0.29, 0.717) is 22.6 Å². The van der Waals surface area contributed by atoms with Crippen molar-refractivity contribution in [1.82, 2.24) is 19.6 Å². The van der Waals surface area contributed by atoms with Crippen LogP contribution in [-0.4, -0.2) is 42.6 Å². The fourth-order valence-electron chi connectivity index (χ4n) is 3.78. The van der Waals surface area contributed by atoms with Gasteiger partial charge in [0.15, 0.2) is 5.65 Å². The molecule has 40 heavy (non-hydrogen) atoms. The summed E-state index contributed by atoms with van der Waals surface area (Å²) in [5, 5.41) is 15.9. The SMILES string of the molecule is O=C(c1cccc([N+](=O)[O-])c1)N(OC(=O)C(F)(F)F)c1cccc(-c2ccnc3cc(-c4ccncc4)nn23)c1. The van der Waals surface area contributed by atoms with E-state index in [1.807, 2.05) is 0 Å². The van der Waals surface area contributed by atoms with Crippen LogP contribution in [0.4, 0.5) is 24.5 Å². The van der Waals surface area contributed by atoms with E-state index in [4.69, 9.17) is 0 Å². The van der Waals surface area contributed by atoms with Gasteiger partial charge in [-0.05, 0) is 36.4 Å². The summed E-state index contributed by atoms with van der Waals surface area (Å²) in [4.78, 5) is 48.1. The van der Waals surface area contributed by atoms with Crippen LogP contribution in [0.3, 0.4) is 0 Å². The highest BCUT2D eigenvalue weighted by molar-refractivity contribution is 6.06. The number of nitro benzene ring substituents is 1. The van der Waals surface area contributed by atoms with Crippen LogP contribution in [-0.2, 0) is 9.63 Å². The summed E-state index contributed by atoms with van der Waals surface area (Å²) in [7, 11) is 0. The molecule has 0 spiro atoms. The number of non-ortho nitro benzene ring substituents is 1. The van der Waals surface area contributed by atoms with E-state index < -0.39 is 28.7 Å². The summed E-state index contributed by atoms with van der Waals surface area (Å²) in [6.45, 7) is 0. The molecule has 0 aliphatic carbocycles. The van der Waals surface area contributed by atoms with Crippen LogP contribution in [0, 0.1) is 10.1 Å². The lowest BCUT2D eigenvalue weighted by Crippen LogP contribution is -2.38. The molecule has 5 aromatic rings. The van der Waals surface area contributed by atoms with E-state index in [2.05, 4.69) is 19.9 Å². The number of carbonyl (C=O) groups is 2. The molecule has 5 rings (SSSR count). The van der Waals surface area contributed by atoms with Crippen molar-refractivity contribution in [2.75, 3.05) is 5.06 Å². The summed E-state index contributed by atoms with van der Waals surface area (Å²) < 4.78 is 40.8. The largest absolute Gasteiger partial charge is 0.493 e. The van der Waals surface area contributed by atoms with Crippen LogP contribution in [0.2, 0.25) is 0 Å². The maximum atomic E-state index is 13.2. The van der Waals surface area contributed by atoms with Crippen LogP contribution >= 0.6 is 0 Å². The lowest BCUT2D eigenvalue weighted by Gasteiger charge is -2.22. The molecule has 0 saturated carbocycles. The van der Waals surface area contributed by atoms with Crippen LogP contribution in [0.5, 0.6) is 0 Å². The zero-order valence-electron chi connectivity index (χ0n) is 20.0. The highest BCUT2D eigenvalue weighted by atomic mass is 19.4. The second-order valence-electron chi connectivity index (χ2n) is 8.20. The molecule has 0 radical (unpaired) electrons. The van der Waals surface area contributed by atoms with E-state index >= 15 is 0 Å². The van der Waals surface area contributed by atoms with Crippen molar-refractivity contribution in [3.8, 4) is 22.5 Å². The predicted molar refractivity (Wildman–Crippen MR) is 134 cm³/mol. The molecule has 1 amide bonds. The first-order valence-corrected chi connectivity index (χ1v) is 11.4. The zero-order chi connectivity index (χ0) is 28.4. The number of halogens is 3. The van der Waals surface area contributed by atoms with E-state index in [9.17, 15) is 32.9 Å². The van der Waals surface area contributed by atoms with Crippen LogP contribution in [0.15, 0.2) is 91.4 Å². The highest BCUT2D eigenvalue weighted by Gasteiger charge is 2.44. The van der Waals surface area contributed by atoms with Crippen LogP contribution in [0.25, 0.3) is 28.2 Å². The van der Waals surface area contributed by atoms with Crippen molar-refractivity contribution in [3.05, 3.63) is 107 Å². The van der Waals surface area contributed by atoms with E-state index in [-0.39, 0.29) is 16.3 Å². The third kappa shape index (κ3) is 5.18. The van der Waals surface area contributed by atoms with Gasteiger partial charge in [0.1, 0.15) is 0 Å². The molecule has 2 aromatic carbocycles. The second-order valence-corrected chi connectivity index (χ2v) is 8.20. The molecule has 0 unspecified atom stereocenters. The maximum absolute atomic E-state index is 13.2. The number of aromatic nitrogens is 4. The molecule has 0 bridgehead atoms. The molecule has 0 saturated heterocycles. The van der Waals surface area contributed by atoms with Crippen molar-refractivity contribution in [2.24, 2.45) is 0 Å². The molecule has 0 aliphatic heterocycles. The first-order chi connectivity index (χ1) is 19.1. The lowest BCUT2D eigenvalue weighted by atomic mass is 10.1. The fourth-order valence-corrected chi connectivity index (χ4v) is 3.78. The molecule has 0 aliphatic rings. The number of hydrogen-bond acceptors (Lipinski definition) is 8. The molecular weight excluding hydrogens is 533 g/mol. The number of pyridine rings is 1. The zero-order valence-corrected chi connectivity index (χ0v) is 20.0. The Bertz CT molecular complexity index is 1760. The summed E-state index contributed by atoms with van der Waals surface area (Å²) in [5.41, 5.74) is 1.54. The van der Waals surface area contributed by atoms with Gasteiger partial charge in [-0.25, -0.2) is 14.3 Å². The van der Waals surface area contributed by atoms with Crippen molar-refractivity contribution in [3.63, 3.8) is 0 Å². The van der Waals surface area contributed by atoms with Gasteiger partial charge in [0.05, 0.1) is 22.0 Å². The number of anilines is 1. The summed E-state index contributed by atoms with van der Waals surface area (Å²) in [5.74, 6) is -3.89. The Kier molecular flexibility index (Phi) is 6.65. The minimum Gasteiger partial charge on any atom is -0.324 e. The topological polar surface area (TPSA) is 133 Å². The number of hydroxylamine groups is 1. The average Bonchev–Trinajstić information content (AvgIpc) is 3.40. The Balaban J connectivity index is 1.58. The van der Waals surface area contributed by atoms with Gasteiger partial charge in [-0.2, -0.15) is 18.3 Å². The number of alkyl halides is 3. The quantitative estimate of drug-likeness (QED) is 0.221. The first-order valence-electron chi connectivity index (χ1n) is 11.4. The molecule has 3 aromatic heterocycles. The lowest BCUT2D eigenvalue weighted by molar-refractivity contribution is -0.384. The third-order valence-electron chi connectivity index (χ3n) is 5.60. The van der Waals surface area contributed by atoms with Gasteiger partial charge < -0.3 is 4.84 Å². The number of carbonyl (C=O) groups excluding carboxylic acids is 2. The Hall–Kier alpha value is -5.66. The summed E-state index contributed by atoms with van der Waals surface area (Å²) in [6, 6.07) is 16.7. The van der Waals surface area contributed by atoms with E-state index in [1.54, 1.807) is 42.7 Å². The minimum atomic E-state index is -5.42. The maximum Gasteiger partial charge on any atom is 0.493 e. The third-order valence-corrected chi connectivity index (χ3v) is 5.60. The number of nitrogens with zero attached hydrogens (tertiary/aromatic N) is 6. The van der Waals surface area contributed by atoms with Crippen molar-refractivity contribution in [1.29, 1.82) is 0 Å². The van der Waals surface area contributed by atoms with Gasteiger partial charge >= 0.3 is 12.1 Å². The summed E-state index contributed by atoms with van der Waals surface area (Å²) in [6.07, 6.45) is -0.710. The Morgan fingerprint density at radius 3 is 2.40 bits per heavy atom. The molecule has 11 nitrogen and oxygen atoms in total. The smallest absolute Gasteiger partial charge is 0.324 e.